The highest BCUT2D eigenvalue weighted by molar-refractivity contribution is 7.99. The van der Waals surface area contributed by atoms with Crippen LogP contribution in [0.1, 0.15) is 18.9 Å². The molecule has 9 heteroatoms. The third-order valence-electron chi connectivity index (χ3n) is 5.60. The second-order valence-corrected chi connectivity index (χ2v) is 9.56. The van der Waals surface area contributed by atoms with Crippen molar-refractivity contribution in [2.45, 2.75) is 30.8 Å². The first kappa shape index (κ1) is 29.0. The summed E-state index contributed by atoms with van der Waals surface area (Å²) in [7, 11) is 0. The fourth-order valence-electron chi connectivity index (χ4n) is 3.66. The number of hydrogen-bond donors (Lipinski definition) is 2. The van der Waals surface area contributed by atoms with Crippen LogP contribution in [-0.2, 0) is 16.0 Å². The van der Waals surface area contributed by atoms with E-state index in [4.69, 9.17) is 9.47 Å². The van der Waals surface area contributed by atoms with Crippen LogP contribution >= 0.6 is 11.8 Å². The number of thioether (sulfide) groups is 1. The number of ether oxygens (including phenoxy) is 2. The summed E-state index contributed by atoms with van der Waals surface area (Å²) in [4.78, 5) is 27.0. The lowest BCUT2D eigenvalue weighted by atomic mass is 10.1. The molecule has 0 spiro atoms. The predicted octanol–water partition coefficient (Wildman–Crippen LogP) is 5.95. The van der Waals surface area contributed by atoms with E-state index in [0.29, 0.717) is 25.4 Å². The van der Waals surface area contributed by atoms with E-state index in [1.54, 1.807) is 60.0 Å². The van der Waals surface area contributed by atoms with Gasteiger partial charge in [-0.05, 0) is 61.1 Å². The normalized spacial score (nSPS) is 11.5. The molecule has 3 aromatic carbocycles. The van der Waals surface area contributed by atoms with Gasteiger partial charge in [-0.1, -0.05) is 42.5 Å². The standard InChI is InChI=1S/C29H33FN2O5S/c1-2-36-27(28(33)34)21-22-13-15-23(16-14-22)37-19-18-32(17-8-20-38-24-9-4-3-5-10-24)29(35)31-26-12-7-6-11-25(26)30/h3-7,9-16,27H,2,8,17-21H2,1H3,(H,31,35)(H,33,34). The number of carboxylic acid groups (broad SMARTS) is 1. The molecule has 0 saturated heterocycles. The SMILES string of the molecule is CCOC(Cc1ccc(OCCN(CCCSc2ccccc2)C(=O)Nc2ccccc2F)cc1)C(=O)O. The monoisotopic (exact) mass is 540 g/mol. The topological polar surface area (TPSA) is 88.1 Å². The van der Waals surface area contributed by atoms with Crippen LogP contribution in [0.2, 0.25) is 0 Å². The Morgan fingerprint density at radius 1 is 1.00 bits per heavy atom. The van der Waals surface area contributed by atoms with Gasteiger partial charge in [-0.25, -0.2) is 14.0 Å². The van der Waals surface area contributed by atoms with Crippen LogP contribution in [0.25, 0.3) is 0 Å². The fraction of sp³-hybridized carbons (Fsp3) is 0.310. The van der Waals surface area contributed by atoms with Crippen molar-refractivity contribution in [2.75, 3.05) is 37.4 Å². The second-order valence-electron chi connectivity index (χ2n) is 8.39. The van der Waals surface area contributed by atoms with Crippen molar-refractivity contribution < 1.29 is 28.6 Å². The molecule has 0 aliphatic heterocycles. The maximum absolute atomic E-state index is 14.1. The van der Waals surface area contributed by atoms with Crippen LogP contribution in [0.4, 0.5) is 14.9 Å². The van der Waals surface area contributed by atoms with E-state index in [1.165, 1.54) is 12.1 Å². The van der Waals surface area contributed by atoms with Crippen molar-refractivity contribution in [3.05, 3.63) is 90.2 Å². The Morgan fingerprint density at radius 3 is 2.39 bits per heavy atom. The summed E-state index contributed by atoms with van der Waals surface area (Å²) in [5, 5.41) is 11.9. The molecule has 0 radical (unpaired) electrons. The summed E-state index contributed by atoms with van der Waals surface area (Å²) in [6, 6.07) is 22.8. The number of aliphatic carboxylic acids is 1. The van der Waals surface area contributed by atoms with Gasteiger partial charge in [-0.3, -0.25) is 0 Å². The van der Waals surface area contributed by atoms with Gasteiger partial charge in [-0.15, -0.1) is 11.8 Å². The molecule has 202 valence electrons. The number of nitrogens with zero attached hydrogens (tertiary/aromatic N) is 1. The average Bonchev–Trinajstić information content (AvgIpc) is 2.92. The van der Waals surface area contributed by atoms with Crippen molar-refractivity contribution in [3.8, 4) is 5.75 Å². The summed E-state index contributed by atoms with van der Waals surface area (Å²) in [5.41, 5.74) is 0.949. The second kappa shape index (κ2) is 15.6. The fourth-order valence-corrected chi connectivity index (χ4v) is 4.52. The average molecular weight is 541 g/mol. The zero-order valence-electron chi connectivity index (χ0n) is 21.3. The molecule has 1 unspecified atom stereocenters. The van der Waals surface area contributed by atoms with Gasteiger partial charge in [0.25, 0.3) is 0 Å². The van der Waals surface area contributed by atoms with E-state index < -0.39 is 23.9 Å². The molecule has 2 N–H and O–H groups in total. The number of carboxylic acids is 1. The van der Waals surface area contributed by atoms with Crippen molar-refractivity contribution in [3.63, 3.8) is 0 Å². The van der Waals surface area contributed by atoms with Crippen molar-refractivity contribution >= 4 is 29.4 Å². The van der Waals surface area contributed by atoms with Gasteiger partial charge in [0.1, 0.15) is 18.2 Å². The highest BCUT2D eigenvalue weighted by Crippen LogP contribution is 2.19. The number of rotatable bonds is 15. The van der Waals surface area contributed by atoms with Gasteiger partial charge >= 0.3 is 12.0 Å². The first-order valence-electron chi connectivity index (χ1n) is 12.5. The van der Waals surface area contributed by atoms with Crippen molar-refractivity contribution in [1.82, 2.24) is 4.90 Å². The van der Waals surface area contributed by atoms with Gasteiger partial charge in [0, 0.05) is 24.5 Å². The molecule has 38 heavy (non-hydrogen) atoms. The lowest BCUT2D eigenvalue weighted by molar-refractivity contribution is -0.149. The number of amides is 2. The largest absolute Gasteiger partial charge is 0.492 e. The zero-order valence-corrected chi connectivity index (χ0v) is 22.2. The first-order valence-corrected chi connectivity index (χ1v) is 13.5. The number of halogens is 1. The predicted molar refractivity (Wildman–Crippen MR) is 147 cm³/mol. The third kappa shape index (κ3) is 9.72. The van der Waals surface area contributed by atoms with Crippen LogP contribution < -0.4 is 10.1 Å². The van der Waals surface area contributed by atoms with Crippen LogP contribution in [0, 0.1) is 5.82 Å². The summed E-state index contributed by atoms with van der Waals surface area (Å²) in [6.45, 7) is 3.12. The van der Waals surface area contributed by atoms with Crippen LogP contribution in [0.5, 0.6) is 5.75 Å². The number of nitrogens with one attached hydrogen (secondary N) is 1. The molecule has 3 rings (SSSR count). The van der Waals surface area contributed by atoms with E-state index in [9.17, 15) is 19.1 Å². The Labute approximate surface area is 227 Å². The number of carbonyl (C=O) groups excluding carboxylic acids is 1. The van der Waals surface area contributed by atoms with Crippen molar-refractivity contribution in [1.29, 1.82) is 0 Å². The molecule has 0 fully saturated rings. The van der Waals surface area contributed by atoms with E-state index in [2.05, 4.69) is 5.32 Å². The Hall–Kier alpha value is -3.56. The smallest absolute Gasteiger partial charge is 0.333 e. The number of hydrogen-bond acceptors (Lipinski definition) is 5. The number of benzene rings is 3. The molecular weight excluding hydrogens is 507 g/mol. The summed E-state index contributed by atoms with van der Waals surface area (Å²) in [6.07, 6.45) is 0.117. The van der Waals surface area contributed by atoms with E-state index in [1.807, 2.05) is 30.3 Å². The molecule has 0 heterocycles. The molecule has 3 aromatic rings. The Balaban J connectivity index is 1.54. The van der Waals surface area contributed by atoms with Gasteiger partial charge in [0.15, 0.2) is 6.10 Å². The van der Waals surface area contributed by atoms with Crippen LogP contribution in [0.3, 0.4) is 0 Å². The van der Waals surface area contributed by atoms with Gasteiger partial charge in [0.2, 0.25) is 0 Å². The Bertz CT molecular complexity index is 1150. The van der Waals surface area contributed by atoms with Gasteiger partial charge in [-0.2, -0.15) is 0 Å². The molecule has 0 bridgehead atoms. The minimum absolute atomic E-state index is 0.129. The summed E-state index contributed by atoms with van der Waals surface area (Å²) >= 11 is 1.72. The maximum Gasteiger partial charge on any atom is 0.333 e. The maximum atomic E-state index is 14.1. The summed E-state index contributed by atoms with van der Waals surface area (Å²) < 4.78 is 25.2. The van der Waals surface area contributed by atoms with Crippen LogP contribution in [0.15, 0.2) is 83.8 Å². The molecule has 0 saturated carbocycles. The third-order valence-corrected chi connectivity index (χ3v) is 6.70. The highest BCUT2D eigenvalue weighted by atomic mass is 32.2. The molecule has 1 atom stereocenters. The molecule has 0 aliphatic rings. The number of para-hydroxylation sites is 1. The Kier molecular flexibility index (Phi) is 11.9. The zero-order chi connectivity index (χ0) is 27.2. The Morgan fingerprint density at radius 2 is 1.71 bits per heavy atom. The quantitative estimate of drug-likeness (QED) is 0.183. The van der Waals surface area contributed by atoms with Crippen molar-refractivity contribution in [2.24, 2.45) is 0 Å². The van der Waals surface area contributed by atoms with E-state index in [0.717, 1.165) is 22.6 Å². The molecule has 7 nitrogen and oxygen atoms in total. The lowest BCUT2D eigenvalue weighted by Crippen LogP contribution is -2.39. The minimum atomic E-state index is -0.997. The highest BCUT2D eigenvalue weighted by Gasteiger charge is 2.18. The molecule has 2 amide bonds. The van der Waals surface area contributed by atoms with E-state index >= 15 is 0 Å². The first-order chi connectivity index (χ1) is 18.5. The van der Waals surface area contributed by atoms with Gasteiger partial charge in [0.05, 0.1) is 12.2 Å². The van der Waals surface area contributed by atoms with Gasteiger partial charge < -0.3 is 24.8 Å². The van der Waals surface area contributed by atoms with Crippen LogP contribution in [-0.4, -0.2) is 60.2 Å². The number of urea groups is 1. The molecule has 0 aromatic heterocycles. The molecular formula is C29H33FN2O5S. The molecule has 0 aliphatic carbocycles. The number of carbonyl (C=O) groups is 2. The minimum Gasteiger partial charge on any atom is -0.492 e. The summed E-state index contributed by atoms with van der Waals surface area (Å²) in [5.74, 6) is -0.0602. The van der Waals surface area contributed by atoms with E-state index in [-0.39, 0.29) is 18.7 Å². The lowest BCUT2D eigenvalue weighted by Gasteiger charge is -2.23. The number of anilines is 1.